The third-order valence-corrected chi connectivity index (χ3v) is 4.78. The highest BCUT2D eigenvalue weighted by Crippen LogP contribution is 2.24. The summed E-state index contributed by atoms with van der Waals surface area (Å²) in [4.78, 5) is 32.1. The summed E-state index contributed by atoms with van der Waals surface area (Å²) >= 11 is 2.33. The first-order chi connectivity index (χ1) is 12.0. The lowest BCUT2D eigenvalue weighted by Crippen LogP contribution is -2.16. The molecule has 7 nitrogen and oxygen atoms in total. The van der Waals surface area contributed by atoms with E-state index in [-0.39, 0.29) is 21.5 Å². The summed E-state index contributed by atoms with van der Waals surface area (Å²) in [5, 5.41) is 3.43. The number of benzene rings is 1. The predicted molar refractivity (Wildman–Crippen MR) is 93.9 cm³/mol. The summed E-state index contributed by atoms with van der Waals surface area (Å²) in [6.45, 7) is 0. The van der Waals surface area contributed by atoms with E-state index in [9.17, 15) is 14.0 Å². The molecule has 0 bridgehead atoms. The van der Waals surface area contributed by atoms with Gasteiger partial charge in [-0.1, -0.05) is 23.1 Å². The number of rotatable bonds is 5. The Hall–Kier alpha value is -2.72. The zero-order valence-electron chi connectivity index (χ0n) is 12.9. The van der Waals surface area contributed by atoms with E-state index in [0.29, 0.717) is 10.8 Å². The molecule has 1 aromatic carbocycles. The number of primary amides is 1. The molecule has 0 aliphatic rings. The largest absolute Gasteiger partial charge is 0.365 e. The maximum absolute atomic E-state index is 13.2. The van der Waals surface area contributed by atoms with Gasteiger partial charge in [0.1, 0.15) is 16.4 Å². The molecular weight excluding hydrogens is 365 g/mol. The molecule has 2 aromatic heterocycles. The second-order valence-corrected chi connectivity index (χ2v) is 6.59. The number of nitrogens with one attached hydrogen (secondary N) is 1. The normalized spacial score (nSPS) is 10.6. The maximum Gasteiger partial charge on any atom is 0.276 e. The molecule has 128 valence electrons. The van der Waals surface area contributed by atoms with Crippen LogP contribution in [0.5, 0.6) is 0 Å². The highest BCUT2D eigenvalue weighted by atomic mass is 32.2. The number of thiazole rings is 1. The van der Waals surface area contributed by atoms with Crippen molar-refractivity contribution in [2.45, 2.75) is 5.16 Å². The molecule has 0 unspecified atom stereocenters. The van der Waals surface area contributed by atoms with Gasteiger partial charge in [0.15, 0.2) is 10.3 Å². The molecule has 0 spiro atoms. The number of carbonyl (C=O) groups excluding carboxylic acids is 2. The molecule has 10 heteroatoms. The van der Waals surface area contributed by atoms with E-state index in [2.05, 4.69) is 15.3 Å². The standard InChI is InChI=1S/C15H12FN5O2S2/c1-24-15-19-6-10(21(15)9-4-2-8(16)3-5-9)13(23)20-14-18-7-11(25-14)12(17)22/h2-7H,1H3,(H2,17,22)(H,18,20,23). The quantitative estimate of drug-likeness (QED) is 0.665. The van der Waals surface area contributed by atoms with Crippen molar-refractivity contribution < 1.29 is 14.0 Å². The average molecular weight is 377 g/mol. The number of thioether (sulfide) groups is 1. The molecule has 3 N–H and O–H groups in total. The molecule has 3 rings (SSSR count). The molecule has 0 atom stereocenters. The van der Waals surface area contributed by atoms with Crippen LogP contribution in [0.2, 0.25) is 0 Å². The first-order valence-corrected chi connectivity index (χ1v) is 8.98. The minimum Gasteiger partial charge on any atom is -0.365 e. The molecule has 0 radical (unpaired) electrons. The minimum atomic E-state index is -0.612. The maximum atomic E-state index is 13.2. The molecule has 0 fully saturated rings. The van der Waals surface area contributed by atoms with Crippen molar-refractivity contribution in [1.82, 2.24) is 14.5 Å². The molecule has 0 saturated heterocycles. The van der Waals surface area contributed by atoms with Crippen molar-refractivity contribution >= 4 is 40.0 Å². The Morgan fingerprint density at radius 2 is 1.96 bits per heavy atom. The van der Waals surface area contributed by atoms with Gasteiger partial charge in [0.2, 0.25) is 0 Å². The average Bonchev–Trinajstić information content (AvgIpc) is 3.22. The van der Waals surface area contributed by atoms with Gasteiger partial charge in [-0.2, -0.15) is 0 Å². The lowest BCUT2D eigenvalue weighted by atomic mass is 10.3. The van der Waals surface area contributed by atoms with Crippen LogP contribution >= 0.6 is 23.1 Å². The Morgan fingerprint density at radius 3 is 2.56 bits per heavy atom. The first-order valence-electron chi connectivity index (χ1n) is 6.94. The van der Waals surface area contributed by atoms with E-state index in [1.54, 1.807) is 16.7 Å². The molecule has 25 heavy (non-hydrogen) atoms. The number of nitrogens with zero attached hydrogens (tertiary/aromatic N) is 3. The number of halogens is 1. The predicted octanol–water partition coefficient (Wildman–Crippen LogP) is 2.54. The van der Waals surface area contributed by atoms with E-state index in [4.69, 9.17) is 5.73 Å². The van der Waals surface area contributed by atoms with E-state index >= 15 is 0 Å². The summed E-state index contributed by atoms with van der Waals surface area (Å²) in [6, 6.07) is 5.73. The number of anilines is 1. The van der Waals surface area contributed by atoms with Crippen molar-refractivity contribution in [3.63, 3.8) is 0 Å². The summed E-state index contributed by atoms with van der Waals surface area (Å²) in [5.41, 5.74) is 6.03. The highest BCUT2D eigenvalue weighted by molar-refractivity contribution is 7.98. The molecule has 3 aromatic rings. The highest BCUT2D eigenvalue weighted by Gasteiger charge is 2.19. The minimum absolute atomic E-state index is 0.243. The van der Waals surface area contributed by atoms with Gasteiger partial charge in [-0.3, -0.25) is 19.5 Å². The van der Waals surface area contributed by atoms with Gasteiger partial charge in [-0.05, 0) is 30.5 Å². The zero-order valence-corrected chi connectivity index (χ0v) is 14.5. The third-order valence-electron chi connectivity index (χ3n) is 3.20. The number of imidazole rings is 1. The van der Waals surface area contributed by atoms with Gasteiger partial charge in [-0.25, -0.2) is 14.4 Å². The van der Waals surface area contributed by atoms with Gasteiger partial charge in [0, 0.05) is 5.69 Å². The van der Waals surface area contributed by atoms with Gasteiger partial charge < -0.3 is 5.73 Å². The number of hydrogen-bond acceptors (Lipinski definition) is 6. The fourth-order valence-corrected chi connectivity index (χ4v) is 3.29. The third kappa shape index (κ3) is 3.54. The topological polar surface area (TPSA) is 103 Å². The van der Waals surface area contributed by atoms with E-state index in [0.717, 1.165) is 11.3 Å². The molecule has 2 heterocycles. The summed E-state index contributed by atoms with van der Waals surface area (Å²) in [5.74, 6) is -1.44. The Bertz CT molecular complexity index is 936. The van der Waals surface area contributed by atoms with Crippen LogP contribution in [-0.2, 0) is 0 Å². The van der Waals surface area contributed by atoms with Crippen LogP contribution in [0.15, 0.2) is 41.8 Å². The van der Waals surface area contributed by atoms with Crippen LogP contribution in [-0.4, -0.2) is 32.6 Å². The smallest absolute Gasteiger partial charge is 0.276 e. The van der Waals surface area contributed by atoms with Crippen molar-refractivity contribution in [2.24, 2.45) is 5.73 Å². The van der Waals surface area contributed by atoms with Crippen molar-refractivity contribution in [1.29, 1.82) is 0 Å². The fourth-order valence-electron chi connectivity index (χ4n) is 2.09. The molecule has 0 aliphatic carbocycles. The number of carbonyl (C=O) groups is 2. The summed E-state index contributed by atoms with van der Waals surface area (Å²) < 4.78 is 14.8. The van der Waals surface area contributed by atoms with E-state index in [1.807, 2.05) is 6.26 Å². The Morgan fingerprint density at radius 1 is 1.24 bits per heavy atom. The van der Waals surface area contributed by atoms with Crippen LogP contribution in [0.1, 0.15) is 20.2 Å². The number of hydrogen-bond donors (Lipinski definition) is 2. The Balaban J connectivity index is 1.93. The van der Waals surface area contributed by atoms with Gasteiger partial charge >= 0.3 is 0 Å². The van der Waals surface area contributed by atoms with E-state index < -0.39 is 11.8 Å². The van der Waals surface area contributed by atoms with Gasteiger partial charge in [0.25, 0.3) is 11.8 Å². The summed E-state index contributed by atoms with van der Waals surface area (Å²) in [7, 11) is 0. The summed E-state index contributed by atoms with van der Waals surface area (Å²) in [6.07, 6.45) is 4.55. The molecule has 0 aliphatic heterocycles. The van der Waals surface area contributed by atoms with E-state index in [1.165, 1.54) is 36.3 Å². The number of nitrogens with two attached hydrogens (primary N) is 1. The monoisotopic (exact) mass is 377 g/mol. The van der Waals surface area contributed by atoms with Crippen molar-refractivity contribution in [3.8, 4) is 5.69 Å². The first kappa shape index (κ1) is 17.1. The lowest BCUT2D eigenvalue weighted by Gasteiger charge is -2.10. The molecular formula is C15H12FN5O2S2. The zero-order chi connectivity index (χ0) is 18.0. The van der Waals surface area contributed by atoms with Crippen LogP contribution in [0, 0.1) is 5.82 Å². The fraction of sp³-hybridized carbons (Fsp3) is 0.0667. The Labute approximate surface area is 150 Å². The Kier molecular flexibility index (Phi) is 4.81. The lowest BCUT2D eigenvalue weighted by molar-refractivity contribution is 0.0999. The molecule has 2 amide bonds. The molecule has 0 saturated carbocycles. The second kappa shape index (κ2) is 7.03. The SMILES string of the molecule is CSc1ncc(C(=O)Nc2ncc(C(N)=O)s2)n1-c1ccc(F)cc1. The van der Waals surface area contributed by atoms with Gasteiger partial charge in [-0.15, -0.1) is 0 Å². The van der Waals surface area contributed by atoms with Crippen LogP contribution < -0.4 is 11.1 Å². The van der Waals surface area contributed by atoms with Crippen LogP contribution in [0.3, 0.4) is 0 Å². The van der Waals surface area contributed by atoms with Gasteiger partial charge in [0.05, 0.1) is 12.4 Å². The van der Waals surface area contributed by atoms with Crippen LogP contribution in [0.4, 0.5) is 9.52 Å². The van der Waals surface area contributed by atoms with Crippen molar-refractivity contribution in [2.75, 3.05) is 11.6 Å². The van der Waals surface area contributed by atoms with Crippen LogP contribution in [0.25, 0.3) is 5.69 Å². The number of amides is 2. The number of aromatic nitrogens is 3. The second-order valence-electron chi connectivity index (χ2n) is 4.79. The van der Waals surface area contributed by atoms with Crippen molar-refractivity contribution in [3.05, 3.63) is 53.0 Å².